The number of ether oxygens (including phenoxy) is 2. The Bertz CT molecular complexity index is 788. The van der Waals surface area contributed by atoms with Gasteiger partial charge in [0.25, 0.3) is 0 Å². The molecule has 1 saturated heterocycles. The van der Waals surface area contributed by atoms with Gasteiger partial charge in [0.2, 0.25) is 0 Å². The van der Waals surface area contributed by atoms with E-state index in [9.17, 15) is 4.79 Å². The van der Waals surface area contributed by atoms with Crippen molar-refractivity contribution in [3.8, 4) is 5.75 Å². The van der Waals surface area contributed by atoms with Gasteiger partial charge in [-0.05, 0) is 48.9 Å². The van der Waals surface area contributed by atoms with Crippen LogP contribution >= 0.6 is 0 Å². The maximum Gasteiger partial charge on any atom is 0.185 e. The van der Waals surface area contributed by atoms with Gasteiger partial charge < -0.3 is 14.4 Å². The Morgan fingerprint density at radius 2 is 1.74 bits per heavy atom. The fourth-order valence-electron chi connectivity index (χ4n) is 3.00. The van der Waals surface area contributed by atoms with Crippen LogP contribution in [0.3, 0.4) is 0 Å². The van der Waals surface area contributed by atoms with E-state index in [1.165, 1.54) is 0 Å². The van der Waals surface area contributed by atoms with E-state index < -0.39 is 0 Å². The lowest BCUT2D eigenvalue weighted by molar-refractivity contribution is 0.0639. The van der Waals surface area contributed by atoms with Crippen molar-refractivity contribution < 1.29 is 14.3 Å². The number of carbonyl (C=O) groups excluding carboxylic acids is 1. The number of benzene rings is 2. The third-order valence-electron chi connectivity index (χ3n) is 4.37. The monoisotopic (exact) mass is 363 g/mol. The summed E-state index contributed by atoms with van der Waals surface area (Å²) in [5.74, 6) is 0.750. The predicted molar refractivity (Wildman–Crippen MR) is 108 cm³/mol. The molecule has 3 rings (SSSR count). The minimum Gasteiger partial charge on any atom is -0.494 e. The molecule has 1 aliphatic heterocycles. The van der Waals surface area contributed by atoms with Gasteiger partial charge in [0, 0.05) is 24.4 Å². The van der Waals surface area contributed by atoms with Gasteiger partial charge in [0.1, 0.15) is 5.75 Å². The van der Waals surface area contributed by atoms with Crippen molar-refractivity contribution in [2.45, 2.75) is 6.92 Å². The topological polar surface area (TPSA) is 38.8 Å². The zero-order chi connectivity index (χ0) is 18.9. The number of nitrogens with zero attached hydrogens (tertiary/aromatic N) is 1. The second kappa shape index (κ2) is 9.74. The van der Waals surface area contributed by atoms with Crippen molar-refractivity contribution in [1.82, 2.24) is 4.90 Å². The molecular formula is C23H25NO3. The van der Waals surface area contributed by atoms with Gasteiger partial charge in [-0.15, -0.1) is 0 Å². The smallest absolute Gasteiger partial charge is 0.185 e. The van der Waals surface area contributed by atoms with Crippen LogP contribution in [-0.4, -0.2) is 43.6 Å². The molecule has 2 aromatic carbocycles. The predicted octanol–water partition coefficient (Wildman–Crippen LogP) is 4.20. The lowest BCUT2D eigenvalue weighted by Gasteiger charge is -2.31. The van der Waals surface area contributed by atoms with E-state index in [0.29, 0.717) is 12.2 Å². The first-order valence-electron chi connectivity index (χ1n) is 9.31. The highest BCUT2D eigenvalue weighted by molar-refractivity contribution is 6.04. The molecule has 0 aliphatic carbocycles. The number of ketones is 1. The summed E-state index contributed by atoms with van der Waals surface area (Å²) >= 11 is 0. The van der Waals surface area contributed by atoms with Crippen LogP contribution in [0.4, 0.5) is 0 Å². The first kappa shape index (κ1) is 18.9. The minimum absolute atomic E-state index is 0.0244. The Kier molecular flexibility index (Phi) is 6.83. The molecule has 0 unspecified atom stereocenters. The molecule has 140 valence electrons. The molecule has 1 fully saturated rings. The van der Waals surface area contributed by atoms with Crippen molar-refractivity contribution in [3.05, 3.63) is 84.0 Å². The lowest BCUT2D eigenvalue weighted by Crippen LogP contribution is -2.34. The summed E-state index contributed by atoms with van der Waals surface area (Å²) in [4.78, 5) is 14.7. The van der Waals surface area contributed by atoms with Crippen molar-refractivity contribution >= 4 is 11.5 Å². The minimum atomic E-state index is -0.0244. The van der Waals surface area contributed by atoms with Crippen LogP contribution in [0.1, 0.15) is 22.8 Å². The second-order valence-electron chi connectivity index (χ2n) is 6.20. The summed E-state index contributed by atoms with van der Waals surface area (Å²) in [6, 6.07) is 17.5. The van der Waals surface area contributed by atoms with Gasteiger partial charge >= 0.3 is 0 Å². The van der Waals surface area contributed by atoms with Gasteiger partial charge in [0.05, 0.1) is 19.8 Å². The summed E-state index contributed by atoms with van der Waals surface area (Å²) in [5.41, 5.74) is 2.89. The molecule has 0 aromatic heterocycles. The number of morpholine rings is 1. The quantitative estimate of drug-likeness (QED) is 0.420. The molecule has 2 aromatic rings. The summed E-state index contributed by atoms with van der Waals surface area (Å²) in [6.45, 7) is 5.69. The van der Waals surface area contributed by atoms with Gasteiger partial charge in [0.15, 0.2) is 5.78 Å². The standard InChI is InChI=1S/C23H25NO3/c1-2-27-21-13-11-20(12-14-21)23(25)10-6-9-22(19-7-4-3-5-8-19)24-15-17-26-18-16-24/h3-14H,2,15-18H2,1H3/b10-6+,22-9+. The number of rotatable bonds is 7. The van der Waals surface area contributed by atoms with Gasteiger partial charge in [-0.25, -0.2) is 0 Å². The van der Waals surface area contributed by atoms with E-state index in [1.807, 2.05) is 49.4 Å². The molecule has 0 N–H and O–H groups in total. The van der Waals surface area contributed by atoms with Crippen molar-refractivity contribution in [3.63, 3.8) is 0 Å². The van der Waals surface area contributed by atoms with Crippen LogP contribution in [0.5, 0.6) is 5.75 Å². The van der Waals surface area contributed by atoms with E-state index >= 15 is 0 Å². The molecule has 27 heavy (non-hydrogen) atoms. The number of carbonyl (C=O) groups is 1. The lowest BCUT2D eigenvalue weighted by atomic mass is 10.1. The van der Waals surface area contributed by atoms with Crippen LogP contribution in [0.15, 0.2) is 72.8 Å². The average Bonchev–Trinajstić information content (AvgIpc) is 2.73. The molecule has 0 amide bonds. The van der Waals surface area contributed by atoms with E-state index in [-0.39, 0.29) is 5.78 Å². The molecule has 4 nitrogen and oxygen atoms in total. The highest BCUT2D eigenvalue weighted by Crippen LogP contribution is 2.20. The van der Waals surface area contributed by atoms with Gasteiger partial charge in [-0.2, -0.15) is 0 Å². The molecule has 1 aliphatic rings. The first-order valence-corrected chi connectivity index (χ1v) is 9.31. The Hall–Kier alpha value is -2.85. The van der Waals surface area contributed by atoms with Crippen LogP contribution in [0, 0.1) is 0 Å². The number of allylic oxidation sites excluding steroid dienone is 3. The van der Waals surface area contributed by atoms with E-state index in [4.69, 9.17) is 9.47 Å². The Morgan fingerprint density at radius 3 is 2.41 bits per heavy atom. The zero-order valence-corrected chi connectivity index (χ0v) is 15.6. The molecule has 0 saturated carbocycles. The summed E-state index contributed by atoms with van der Waals surface area (Å²) in [5, 5.41) is 0. The largest absolute Gasteiger partial charge is 0.494 e. The Balaban J connectivity index is 1.75. The molecule has 0 bridgehead atoms. The highest BCUT2D eigenvalue weighted by atomic mass is 16.5. The third-order valence-corrected chi connectivity index (χ3v) is 4.37. The molecule has 1 heterocycles. The van der Waals surface area contributed by atoms with E-state index in [0.717, 1.165) is 43.3 Å². The van der Waals surface area contributed by atoms with Crippen LogP contribution in [0.25, 0.3) is 5.70 Å². The second-order valence-corrected chi connectivity index (χ2v) is 6.20. The molecule has 0 atom stereocenters. The van der Waals surface area contributed by atoms with Crippen molar-refractivity contribution in [2.75, 3.05) is 32.9 Å². The number of hydrogen-bond donors (Lipinski definition) is 0. The van der Waals surface area contributed by atoms with Crippen LogP contribution < -0.4 is 4.74 Å². The third kappa shape index (κ3) is 5.31. The Morgan fingerprint density at radius 1 is 1.04 bits per heavy atom. The molecule has 4 heteroatoms. The maximum atomic E-state index is 12.4. The summed E-state index contributed by atoms with van der Waals surface area (Å²) in [7, 11) is 0. The number of hydrogen-bond acceptors (Lipinski definition) is 4. The zero-order valence-electron chi connectivity index (χ0n) is 15.6. The first-order chi connectivity index (χ1) is 13.3. The van der Waals surface area contributed by atoms with Crippen LogP contribution in [0.2, 0.25) is 0 Å². The molecule has 0 spiro atoms. The van der Waals surface area contributed by atoms with Gasteiger partial charge in [-0.1, -0.05) is 36.4 Å². The van der Waals surface area contributed by atoms with E-state index in [2.05, 4.69) is 17.0 Å². The fourth-order valence-corrected chi connectivity index (χ4v) is 3.00. The Labute approximate surface area is 160 Å². The molecule has 0 radical (unpaired) electrons. The highest BCUT2D eigenvalue weighted by Gasteiger charge is 2.14. The normalized spacial score (nSPS) is 15.1. The fraction of sp³-hybridized carbons (Fsp3) is 0.261. The summed E-state index contributed by atoms with van der Waals surface area (Å²) in [6.07, 6.45) is 5.45. The summed E-state index contributed by atoms with van der Waals surface area (Å²) < 4.78 is 10.9. The van der Waals surface area contributed by atoms with Gasteiger partial charge in [-0.3, -0.25) is 4.79 Å². The van der Waals surface area contributed by atoms with Crippen LogP contribution in [-0.2, 0) is 4.74 Å². The maximum absolute atomic E-state index is 12.4. The SMILES string of the molecule is CCOc1ccc(C(=O)/C=C/C=C(\c2ccccc2)N2CCOCC2)cc1. The van der Waals surface area contributed by atoms with Crippen molar-refractivity contribution in [1.29, 1.82) is 0 Å². The molecular weight excluding hydrogens is 338 g/mol. The van der Waals surface area contributed by atoms with E-state index in [1.54, 1.807) is 18.2 Å². The van der Waals surface area contributed by atoms with Crippen molar-refractivity contribution in [2.24, 2.45) is 0 Å². The average molecular weight is 363 g/mol.